The lowest BCUT2D eigenvalue weighted by molar-refractivity contribution is 0.0893. The number of benzene rings is 2. The van der Waals surface area contributed by atoms with Gasteiger partial charge in [-0.15, -0.1) is 12.6 Å². The van der Waals surface area contributed by atoms with Crippen molar-refractivity contribution in [2.45, 2.75) is 11.3 Å². The summed E-state index contributed by atoms with van der Waals surface area (Å²) in [5.41, 5.74) is 0.820. The minimum atomic E-state index is -0.285. The van der Waals surface area contributed by atoms with E-state index in [4.69, 9.17) is 11.6 Å². The smallest absolute Gasteiger partial charge is 0.172 e. The molecule has 0 aromatic heterocycles. The zero-order valence-electron chi connectivity index (χ0n) is 9.97. The van der Waals surface area contributed by atoms with Gasteiger partial charge in [-0.3, -0.25) is 9.59 Å². The third kappa shape index (κ3) is 3.25. The first-order valence-electron chi connectivity index (χ1n) is 5.68. The average Bonchev–Trinajstić information content (AvgIpc) is 2.39. The maximum Gasteiger partial charge on any atom is 0.172 e. The van der Waals surface area contributed by atoms with Crippen molar-refractivity contribution in [2.24, 2.45) is 0 Å². The number of carbonyl (C=O) groups is 2. The molecule has 0 atom stereocenters. The maximum absolute atomic E-state index is 12.0. The van der Waals surface area contributed by atoms with Gasteiger partial charge in [-0.25, -0.2) is 0 Å². The van der Waals surface area contributed by atoms with Gasteiger partial charge in [-0.1, -0.05) is 41.9 Å². The Morgan fingerprint density at radius 3 is 2.05 bits per heavy atom. The van der Waals surface area contributed by atoms with Crippen LogP contribution in [0.15, 0.2) is 53.4 Å². The first-order valence-corrected chi connectivity index (χ1v) is 6.51. The fraction of sp³-hybridized carbons (Fsp3) is 0.0667. The second-order valence-corrected chi connectivity index (χ2v) is 4.91. The van der Waals surface area contributed by atoms with Gasteiger partial charge in [0.2, 0.25) is 0 Å². The number of halogens is 1. The number of hydrogen-bond acceptors (Lipinski definition) is 3. The van der Waals surface area contributed by atoms with Gasteiger partial charge in [0.1, 0.15) is 0 Å². The van der Waals surface area contributed by atoms with Crippen molar-refractivity contribution in [2.75, 3.05) is 0 Å². The van der Waals surface area contributed by atoms with E-state index >= 15 is 0 Å². The summed E-state index contributed by atoms with van der Waals surface area (Å²) in [6.45, 7) is 0. The number of Topliss-reactive ketones (excluding diaryl/α,β-unsaturated/α-hetero) is 2. The van der Waals surface area contributed by atoms with Crippen LogP contribution >= 0.6 is 24.2 Å². The van der Waals surface area contributed by atoms with Gasteiger partial charge in [-0.05, 0) is 18.2 Å². The first-order chi connectivity index (χ1) is 9.09. The largest absolute Gasteiger partial charge is 0.294 e. The minimum Gasteiger partial charge on any atom is -0.294 e. The van der Waals surface area contributed by atoms with Crippen LogP contribution in [0, 0.1) is 0 Å². The Bertz CT molecular complexity index is 582. The van der Waals surface area contributed by atoms with E-state index in [1.165, 1.54) is 0 Å². The van der Waals surface area contributed by atoms with Crippen LogP contribution in [0.1, 0.15) is 27.1 Å². The van der Waals surface area contributed by atoms with Crippen LogP contribution in [0.5, 0.6) is 0 Å². The highest BCUT2D eigenvalue weighted by Gasteiger charge is 2.17. The van der Waals surface area contributed by atoms with E-state index in [1.54, 1.807) is 48.5 Å². The number of carbonyl (C=O) groups excluding carboxylic acids is 2. The molecule has 0 fully saturated rings. The summed E-state index contributed by atoms with van der Waals surface area (Å²) in [6, 6.07) is 13.6. The SMILES string of the molecule is O=C(CC(=O)c1ccccc1Cl)c1ccccc1S. The summed E-state index contributed by atoms with van der Waals surface area (Å²) in [5.74, 6) is -0.539. The van der Waals surface area contributed by atoms with Crippen molar-refractivity contribution >= 4 is 35.8 Å². The lowest BCUT2D eigenvalue weighted by Crippen LogP contribution is -2.09. The van der Waals surface area contributed by atoms with Gasteiger partial charge >= 0.3 is 0 Å². The fourth-order valence-corrected chi connectivity index (χ4v) is 2.26. The van der Waals surface area contributed by atoms with E-state index in [0.29, 0.717) is 21.0 Å². The molecule has 0 unspecified atom stereocenters. The van der Waals surface area contributed by atoms with Crippen molar-refractivity contribution in [3.63, 3.8) is 0 Å². The Morgan fingerprint density at radius 1 is 0.895 bits per heavy atom. The topological polar surface area (TPSA) is 34.1 Å². The highest BCUT2D eigenvalue weighted by molar-refractivity contribution is 7.80. The van der Waals surface area contributed by atoms with Crippen LogP contribution in [0.25, 0.3) is 0 Å². The Morgan fingerprint density at radius 2 is 1.42 bits per heavy atom. The summed E-state index contributed by atoms with van der Waals surface area (Å²) < 4.78 is 0. The molecule has 0 aliphatic heterocycles. The third-order valence-electron chi connectivity index (χ3n) is 2.70. The summed E-state index contributed by atoms with van der Waals surface area (Å²) in [5, 5.41) is 0.361. The molecule has 2 rings (SSSR count). The summed E-state index contributed by atoms with van der Waals surface area (Å²) >= 11 is 10.1. The molecule has 0 heterocycles. The zero-order chi connectivity index (χ0) is 13.8. The predicted octanol–water partition coefficient (Wildman–Crippen LogP) is 4.08. The van der Waals surface area contributed by atoms with E-state index < -0.39 is 0 Å². The Labute approximate surface area is 121 Å². The van der Waals surface area contributed by atoms with Gasteiger partial charge in [-0.2, -0.15) is 0 Å². The summed E-state index contributed by atoms with van der Waals surface area (Å²) in [6.07, 6.45) is -0.207. The van der Waals surface area contributed by atoms with E-state index in [2.05, 4.69) is 12.6 Å². The van der Waals surface area contributed by atoms with Crippen LogP contribution in [-0.2, 0) is 0 Å². The van der Waals surface area contributed by atoms with Crippen LogP contribution in [0.2, 0.25) is 5.02 Å². The molecule has 0 N–H and O–H groups in total. The minimum absolute atomic E-state index is 0.207. The second kappa shape index (κ2) is 6.04. The molecule has 0 spiro atoms. The maximum atomic E-state index is 12.0. The van der Waals surface area contributed by atoms with Crippen LogP contribution in [-0.4, -0.2) is 11.6 Å². The van der Waals surface area contributed by atoms with Crippen molar-refractivity contribution < 1.29 is 9.59 Å². The molecule has 19 heavy (non-hydrogen) atoms. The Hall–Kier alpha value is -1.58. The molecule has 96 valence electrons. The molecule has 4 heteroatoms. The lowest BCUT2D eigenvalue weighted by Gasteiger charge is -2.05. The summed E-state index contributed by atoms with van der Waals surface area (Å²) in [7, 11) is 0. The molecule has 0 aliphatic rings. The lowest BCUT2D eigenvalue weighted by atomic mass is 10.0. The van der Waals surface area contributed by atoms with Gasteiger partial charge in [0.25, 0.3) is 0 Å². The van der Waals surface area contributed by atoms with Crippen molar-refractivity contribution in [1.82, 2.24) is 0 Å². The van der Waals surface area contributed by atoms with Crippen LogP contribution < -0.4 is 0 Å². The highest BCUT2D eigenvalue weighted by atomic mass is 35.5. The highest BCUT2D eigenvalue weighted by Crippen LogP contribution is 2.20. The number of ketones is 2. The summed E-state index contributed by atoms with van der Waals surface area (Å²) in [4.78, 5) is 24.6. The van der Waals surface area contributed by atoms with E-state index in [1.807, 2.05) is 0 Å². The molecule has 0 bridgehead atoms. The van der Waals surface area contributed by atoms with Gasteiger partial charge in [0.15, 0.2) is 11.6 Å². The molecule has 2 aromatic carbocycles. The van der Waals surface area contributed by atoms with Gasteiger partial charge in [0.05, 0.1) is 11.4 Å². The molecule has 0 saturated carbocycles. The Balaban J connectivity index is 2.19. The zero-order valence-corrected chi connectivity index (χ0v) is 11.6. The number of hydrogen-bond donors (Lipinski definition) is 1. The van der Waals surface area contributed by atoms with E-state index in [0.717, 1.165) is 0 Å². The first kappa shape index (κ1) is 13.8. The van der Waals surface area contributed by atoms with Crippen LogP contribution in [0.3, 0.4) is 0 Å². The second-order valence-electron chi connectivity index (χ2n) is 4.02. The Kier molecular flexibility index (Phi) is 4.40. The van der Waals surface area contributed by atoms with E-state index in [9.17, 15) is 9.59 Å². The molecule has 0 radical (unpaired) electrons. The molecule has 2 nitrogen and oxygen atoms in total. The van der Waals surface area contributed by atoms with E-state index in [-0.39, 0.29) is 18.0 Å². The van der Waals surface area contributed by atoms with Crippen molar-refractivity contribution in [3.8, 4) is 0 Å². The quantitative estimate of drug-likeness (QED) is 0.523. The van der Waals surface area contributed by atoms with Crippen molar-refractivity contribution in [3.05, 3.63) is 64.7 Å². The third-order valence-corrected chi connectivity index (χ3v) is 3.42. The van der Waals surface area contributed by atoms with Crippen LogP contribution in [0.4, 0.5) is 0 Å². The van der Waals surface area contributed by atoms with Gasteiger partial charge < -0.3 is 0 Å². The molecule has 2 aromatic rings. The van der Waals surface area contributed by atoms with Gasteiger partial charge in [0, 0.05) is 16.0 Å². The number of thiol groups is 1. The molecular weight excluding hydrogens is 280 g/mol. The monoisotopic (exact) mass is 290 g/mol. The molecule has 0 aliphatic carbocycles. The molecule has 0 saturated heterocycles. The van der Waals surface area contributed by atoms with Crippen molar-refractivity contribution in [1.29, 1.82) is 0 Å². The fourth-order valence-electron chi connectivity index (χ4n) is 1.73. The molecule has 0 amide bonds. The standard InChI is InChI=1S/C15H11ClO2S/c16-12-7-3-1-5-10(12)13(17)9-14(18)11-6-2-4-8-15(11)19/h1-8,19H,9H2. The average molecular weight is 291 g/mol. The molecular formula is C15H11ClO2S. The normalized spacial score (nSPS) is 10.2. The number of rotatable bonds is 4. The predicted molar refractivity (Wildman–Crippen MR) is 78.4 cm³/mol.